The summed E-state index contributed by atoms with van der Waals surface area (Å²) < 4.78 is 0. The van der Waals surface area contributed by atoms with Crippen LogP contribution in [0.15, 0.2) is 64.8 Å². The van der Waals surface area contributed by atoms with Gasteiger partial charge in [-0.2, -0.15) is 10.2 Å². The molecule has 1 aliphatic rings. The number of allylic oxidation sites excluding steroid dienone is 1. The summed E-state index contributed by atoms with van der Waals surface area (Å²) in [4.78, 5) is 10.7. The summed E-state index contributed by atoms with van der Waals surface area (Å²) in [6, 6.07) is 14.5. The van der Waals surface area contributed by atoms with Gasteiger partial charge >= 0.3 is 0 Å². The SMILES string of the molecule is O=[N+]([O-])c1ccccc1/C=C/C1=NN=CCc2ccccc21. The molecule has 3 rings (SSSR count). The molecule has 108 valence electrons. The first-order chi connectivity index (χ1) is 10.8. The highest BCUT2D eigenvalue weighted by Gasteiger charge is 2.11. The van der Waals surface area contributed by atoms with E-state index in [0.717, 1.165) is 17.5 Å². The lowest BCUT2D eigenvalue weighted by molar-refractivity contribution is -0.385. The second-order valence-electron chi connectivity index (χ2n) is 4.79. The molecule has 0 N–H and O–H groups in total. The number of nitrogens with zero attached hydrogens (tertiary/aromatic N) is 3. The first-order valence-electron chi connectivity index (χ1n) is 6.85. The van der Waals surface area contributed by atoms with E-state index in [0.29, 0.717) is 11.3 Å². The number of hydrogen-bond acceptors (Lipinski definition) is 4. The molecule has 5 heteroatoms. The molecule has 0 bridgehead atoms. The van der Waals surface area contributed by atoms with Crippen LogP contribution < -0.4 is 0 Å². The highest BCUT2D eigenvalue weighted by Crippen LogP contribution is 2.20. The van der Waals surface area contributed by atoms with Gasteiger partial charge in [0.2, 0.25) is 0 Å². The Kier molecular flexibility index (Phi) is 3.87. The minimum atomic E-state index is -0.388. The van der Waals surface area contributed by atoms with Crippen LogP contribution >= 0.6 is 0 Å². The Labute approximate surface area is 127 Å². The van der Waals surface area contributed by atoms with Crippen molar-refractivity contribution in [2.24, 2.45) is 10.2 Å². The maximum Gasteiger partial charge on any atom is 0.276 e. The van der Waals surface area contributed by atoms with Gasteiger partial charge in [-0.05, 0) is 23.8 Å². The lowest BCUT2D eigenvalue weighted by Gasteiger charge is -2.04. The van der Waals surface area contributed by atoms with Gasteiger partial charge in [0.25, 0.3) is 5.69 Å². The van der Waals surface area contributed by atoms with E-state index in [4.69, 9.17) is 0 Å². The van der Waals surface area contributed by atoms with Crippen LogP contribution in [0.3, 0.4) is 0 Å². The van der Waals surface area contributed by atoms with Crippen molar-refractivity contribution in [1.82, 2.24) is 0 Å². The van der Waals surface area contributed by atoms with Gasteiger partial charge in [-0.1, -0.05) is 36.4 Å². The first-order valence-corrected chi connectivity index (χ1v) is 6.85. The smallest absolute Gasteiger partial charge is 0.258 e. The molecular weight excluding hydrogens is 278 g/mol. The van der Waals surface area contributed by atoms with E-state index in [1.165, 1.54) is 6.07 Å². The van der Waals surface area contributed by atoms with Gasteiger partial charge in [-0.3, -0.25) is 10.1 Å². The summed E-state index contributed by atoms with van der Waals surface area (Å²) in [6.45, 7) is 0. The third-order valence-corrected chi connectivity index (χ3v) is 3.41. The third kappa shape index (κ3) is 2.83. The number of fused-ring (bicyclic) bond motifs is 1. The van der Waals surface area contributed by atoms with E-state index < -0.39 is 0 Å². The van der Waals surface area contributed by atoms with Crippen LogP contribution in [0.5, 0.6) is 0 Å². The van der Waals surface area contributed by atoms with Gasteiger partial charge in [-0.25, -0.2) is 0 Å². The van der Waals surface area contributed by atoms with Crippen LogP contribution in [-0.2, 0) is 6.42 Å². The third-order valence-electron chi connectivity index (χ3n) is 3.41. The maximum absolute atomic E-state index is 11.0. The van der Waals surface area contributed by atoms with Crippen molar-refractivity contribution < 1.29 is 4.92 Å². The summed E-state index contributed by atoms with van der Waals surface area (Å²) in [6.07, 6.45) is 5.95. The normalized spacial score (nSPS) is 13.5. The van der Waals surface area contributed by atoms with Crippen LogP contribution in [-0.4, -0.2) is 16.8 Å². The van der Waals surface area contributed by atoms with Gasteiger partial charge in [-0.15, -0.1) is 0 Å². The van der Waals surface area contributed by atoms with Gasteiger partial charge in [0.15, 0.2) is 0 Å². The zero-order valence-electron chi connectivity index (χ0n) is 11.7. The zero-order valence-corrected chi connectivity index (χ0v) is 11.7. The standard InChI is InChI=1S/C17H13N3O2/c21-20(22)17-8-4-2-6-14(17)9-10-16-15-7-3-1-5-13(15)11-12-18-19-16/h1-10,12H,11H2/b10-9+. The minimum absolute atomic E-state index is 0.0739. The first kappa shape index (κ1) is 13.9. The van der Waals surface area contributed by atoms with Crippen molar-refractivity contribution in [3.05, 3.63) is 81.4 Å². The molecule has 0 radical (unpaired) electrons. The van der Waals surface area contributed by atoms with Crippen molar-refractivity contribution >= 4 is 23.7 Å². The Morgan fingerprint density at radius 2 is 1.82 bits per heavy atom. The summed E-state index contributed by atoms with van der Waals surface area (Å²) in [5.74, 6) is 0. The largest absolute Gasteiger partial charge is 0.276 e. The molecule has 22 heavy (non-hydrogen) atoms. The van der Waals surface area contributed by atoms with Crippen molar-refractivity contribution in [2.45, 2.75) is 6.42 Å². The fourth-order valence-electron chi connectivity index (χ4n) is 2.33. The van der Waals surface area contributed by atoms with Gasteiger partial charge in [0.1, 0.15) is 0 Å². The molecule has 1 heterocycles. The van der Waals surface area contributed by atoms with E-state index in [-0.39, 0.29) is 10.6 Å². The van der Waals surface area contributed by atoms with E-state index >= 15 is 0 Å². The zero-order chi connectivity index (χ0) is 15.4. The van der Waals surface area contributed by atoms with E-state index in [9.17, 15) is 10.1 Å². The molecule has 0 amide bonds. The van der Waals surface area contributed by atoms with Crippen LogP contribution in [0, 0.1) is 10.1 Å². The van der Waals surface area contributed by atoms with Crippen LogP contribution in [0.1, 0.15) is 16.7 Å². The summed E-state index contributed by atoms with van der Waals surface area (Å²) in [5.41, 5.74) is 3.44. The number of benzene rings is 2. The number of nitro benzene ring substituents is 1. The number of nitro groups is 1. The maximum atomic E-state index is 11.0. The van der Waals surface area contributed by atoms with Crippen molar-refractivity contribution in [1.29, 1.82) is 0 Å². The molecule has 0 saturated carbocycles. The van der Waals surface area contributed by atoms with Crippen LogP contribution in [0.25, 0.3) is 6.08 Å². The van der Waals surface area contributed by atoms with Crippen molar-refractivity contribution in [3.63, 3.8) is 0 Å². The van der Waals surface area contributed by atoms with Gasteiger partial charge < -0.3 is 0 Å². The Morgan fingerprint density at radius 1 is 1.05 bits per heavy atom. The second kappa shape index (κ2) is 6.13. The highest BCUT2D eigenvalue weighted by molar-refractivity contribution is 6.12. The highest BCUT2D eigenvalue weighted by atomic mass is 16.6. The number of rotatable bonds is 3. The fourth-order valence-corrected chi connectivity index (χ4v) is 2.33. The predicted octanol–water partition coefficient (Wildman–Crippen LogP) is 3.64. The Balaban J connectivity index is 1.99. The second-order valence-corrected chi connectivity index (χ2v) is 4.79. The van der Waals surface area contributed by atoms with Crippen LogP contribution in [0.4, 0.5) is 5.69 Å². The Bertz CT molecular complexity index is 807. The number of para-hydroxylation sites is 1. The molecule has 2 aromatic carbocycles. The lowest BCUT2D eigenvalue weighted by atomic mass is 10.00. The van der Waals surface area contributed by atoms with E-state index in [1.54, 1.807) is 36.6 Å². The lowest BCUT2D eigenvalue weighted by Crippen LogP contribution is -2.00. The quantitative estimate of drug-likeness (QED) is 0.640. The average molecular weight is 291 g/mol. The van der Waals surface area contributed by atoms with Crippen molar-refractivity contribution in [2.75, 3.05) is 0 Å². The molecule has 0 aliphatic carbocycles. The molecule has 0 unspecified atom stereocenters. The molecule has 0 spiro atoms. The molecule has 1 aliphatic heterocycles. The van der Waals surface area contributed by atoms with Gasteiger partial charge in [0, 0.05) is 24.3 Å². The molecular formula is C17H13N3O2. The number of hydrogen-bond donors (Lipinski definition) is 0. The molecule has 0 atom stereocenters. The summed E-state index contributed by atoms with van der Waals surface area (Å²) in [7, 11) is 0. The monoisotopic (exact) mass is 291 g/mol. The molecule has 5 nitrogen and oxygen atoms in total. The van der Waals surface area contributed by atoms with Crippen molar-refractivity contribution in [3.8, 4) is 0 Å². The van der Waals surface area contributed by atoms with Gasteiger partial charge in [0.05, 0.1) is 16.2 Å². The molecule has 0 fully saturated rings. The molecule has 0 saturated heterocycles. The van der Waals surface area contributed by atoms with Crippen LogP contribution in [0.2, 0.25) is 0 Å². The fraction of sp³-hybridized carbons (Fsp3) is 0.0588. The topological polar surface area (TPSA) is 67.9 Å². The molecule has 2 aromatic rings. The Morgan fingerprint density at radius 3 is 2.68 bits per heavy atom. The molecule has 0 aromatic heterocycles. The average Bonchev–Trinajstić information content (AvgIpc) is 2.75. The Hall–Kier alpha value is -3.08. The summed E-state index contributed by atoms with van der Waals surface area (Å²) in [5, 5.41) is 19.2. The van der Waals surface area contributed by atoms with E-state index in [1.807, 2.05) is 24.3 Å². The van der Waals surface area contributed by atoms with E-state index in [2.05, 4.69) is 10.2 Å². The minimum Gasteiger partial charge on any atom is -0.258 e. The summed E-state index contributed by atoms with van der Waals surface area (Å²) >= 11 is 0. The predicted molar refractivity (Wildman–Crippen MR) is 87.3 cm³/mol.